The number of esters is 1. The molecule has 2 aliphatic rings. The Morgan fingerprint density at radius 1 is 1.24 bits per heavy atom. The van der Waals surface area contributed by atoms with Gasteiger partial charge in [-0.15, -0.1) is 0 Å². The van der Waals surface area contributed by atoms with Crippen molar-refractivity contribution in [1.29, 1.82) is 5.26 Å². The van der Waals surface area contributed by atoms with Gasteiger partial charge in [0.2, 0.25) is 6.79 Å². The number of benzene rings is 1. The Kier molecular flexibility index (Phi) is 4.79. The molecule has 1 N–H and O–H groups in total. The fourth-order valence-electron chi connectivity index (χ4n) is 3.06. The molecule has 1 aliphatic heterocycles. The van der Waals surface area contributed by atoms with E-state index in [9.17, 15) is 14.9 Å². The summed E-state index contributed by atoms with van der Waals surface area (Å²) in [6.07, 6.45) is 3.12. The van der Waals surface area contributed by atoms with Gasteiger partial charge in [-0.05, 0) is 38.0 Å². The Morgan fingerprint density at radius 3 is 2.68 bits per heavy atom. The minimum Gasteiger partial charge on any atom is -0.454 e. The van der Waals surface area contributed by atoms with Gasteiger partial charge in [0, 0.05) is 0 Å². The third kappa shape index (κ3) is 3.68. The lowest BCUT2D eigenvalue weighted by Crippen LogP contribution is -2.52. The van der Waals surface area contributed by atoms with Crippen LogP contribution in [0.1, 0.15) is 49.4 Å². The average Bonchev–Trinajstić information content (AvgIpc) is 3.10. The molecule has 0 bridgehead atoms. The standard InChI is InChI=1S/C18H20N2O5/c1-12(16(21)20-18(10-19)7-3-2-4-8-18)25-17(22)13-5-6-14-15(9-13)24-11-23-14/h5-6,9,12H,2-4,7-8,11H2,1H3,(H,20,21). The third-order valence-electron chi connectivity index (χ3n) is 4.54. The minimum atomic E-state index is -0.995. The molecule has 1 aliphatic carbocycles. The quantitative estimate of drug-likeness (QED) is 0.842. The molecule has 1 saturated carbocycles. The van der Waals surface area contributed by atoms with Crippen LogP contribution >= 0.6 is 0 Å². The van der Waals surface area contributed by atoms with Gasteiger partial charge in [0.15, 0.2) is 17.6 Å². The predicted molar refractivity (Wildman–Crippen MR) is 87.0 cm³/mol. The van der Waals surface area contributed by atoms with Crippen LogP contribution in [-0.2, 0) is 9.53 Å². The van der Waals surface area contributed by atoms with E-state index in [1.165, 1.54) is 13.0 Å². The van der Waals surface area contributed by atoms with Crippen LogP contribution in [0.25, 0.3) is 0 Å². The summed E-state index contributed by atoms with van der Waals surface area (Å²) in [7, 11) is 0. The summed E-state index contributed by atoms with van der Waals surface area (Å²) in [6, 6.07) is 6.91. The van der Waals surface area contributed by atoms with Gasteiger partial charge in [-0.3, -0.25) is 4.79 Å². The highest BCUT2D eigenvalue weighted by molar-refractivity contribution is 5.93. The molecule has 0 saturated heterocycles. The highest BCUT2D eigenvalue weighted by Crippen LogP contribution is 2.32. The number of nitrogens with zero attached hydrogens (tertiary/aromatic N) is 1. The molecule has 0 spiro atoms. The Balaban J connectivity index is 1.61. The zero-order valence-corrected chi connectivity index (χ0v) is 14.0. The maximum Gasteiger partial charge on any atom is 0.339 e. The van der Waals surface area contributed by atoms with Gasteiger partial charge in [-0.2, -0.15) is 5.26 Å². The highest BCUT2D eigenvalue weighted by Gasteiger charge is 2.35. The van der Waals surface area contributed by atoms with Crippen molar-refractivity contribution in [2.24, 2.45) is 0 Å². The summed E-state index contributed by atoms with van der Waals surface area (Å²) in [6.45, 7) is 1.61. The molecule has 132 valence electrons. The number of nitrogens with one attached hydrogen (secondary N) is 1. The van der Waals surface area contributed by atoms with Crippen molar-refractivity contribution in [3.8, 4) is 17.6 Å². The van der Waals surface area contributed by atoms with E-state index in [4.69, 9.17) is 14.2 Å². The SMILES string of the molecule is CC(OC(=O)c1ccc2c(c1)OCO2)C(=O)NC1(C#N)CCCCC1. The molecule has 0 aromatic heterocycles. The summed E-state index contributed by atoms with van der Waals surface area (Å²) in [5.41, 5.74) is -0.578. The topological polar surface area (TPSA) is 97.7 Å². The van der Waals surface area contributed by atoms with E-state index in [0.29, 0.717) is 24.3 Å². The molecule has 1 unspecified atom stereocenters. The second-order valence-electron chi connectivity index (χ2n) is 6.36. The number of hydrogen-bond donors (Lipinski definition) is 1. The first-order chi connectivity index (χ1) is 12.0. The Bertz CT molecular complexity index is 719. The average molecular weight is 344 g/mol. The first-order valence-electron chi connectivity index (χ1n) is 8.37. The molecule has 1 aromatic rings. The van der Waals surface area contributed by atoms with Crippen molar-refractivity contribution < 1.29 is 23.8 Å². The predicted octanol–water partition coefficient (Wildman–Crippen LogP) is 2.30. The van der Waals surface area contributed by atoms with Gasteiger partial charge < -0.3 is 19.5 Å². The Morgan fingerprint density at radius 2 is 1.96 bits per heavy atom. The van der Waals surface area contributed by atoms with Crippen LogP contribution < -0.4 is 14.8 Å². The summed E-state index contributed by atoms with van der Waals surface area (Å²) in [4.78, 5) is 24.6. The van der Waals surface area contributed by atoms with Crippen molar-refractivity contribution in [3.63, 3.8) is 0 Å². The minimum absolute atomic E-state index is 0.114. The molecule has 1 atom stereocenters. The van der Waals surface area contributed by atoms with E-state index >= 15 is 0 Å². The number of fused-ring (bicyclic) bond motifs is 1. The summed E-state index contributed by atoms with van der Waals surface area (Å²) in [5.74, 6) is -0.0547. The number of carbonyl (C=O) groups is 2. The van der Waals surface area contributed by atoms with Crippen LogP contribution in [0, 0.1) is 11.3 Å². The normalized spacial score (nSPS) is 18.7. The zero-order valence-electron chi connectivity index (χ0n) is 14.0. The van der Waals surface area contributed by atoms with Crippen LogP contribution in [-0.4, -0.2) is 30.3 Å². The lowest BCUT2D eigenvalue weighted by molar-refractivity contribution is -0.130. The zero-order chi connectivity index (χ0) is 17.9. The van der Waals surface area contributed by atoms with Crippen LogP contribution in [0.3, 0.4) is 0 Å². The van der Waals surface area contributed by atoms with Crippen molar-refractivity contribution in [2.45, 2.75) is 50.7 Å². The molecule has 7 heteroatoms. The fourth-order valence-corrected chi connectivity index (χ4v) is 3.06. The maximum atomic E-state index is 12.3. The van der Waals surface area contributed by atoms with E-state index in [2.05, 4.69) is 11.4 Å². The van der Waals surface area contributed by atoms with Gasteiger partial charge in [0.1, 0.15) is 5.54 Å². The van der Waals surface area contributed by atoms with Crippen LogP contribution in [0.15, 0.2) is 18.2 Å². The number of carbonyl (C=O) groups excluding carboxylic acids is 2. The van der Waals surface area contributed by atoms with Gasteiger partial charge >= 0.3 is 5.97 Å². The molecule has 1 amide bonds. The molecular weight excluding hydrogens is 324 g/mol. The second kappa shape index (κ2) is 7.01. The number of rotatable bonds is 4. The highest BCUT2D eigenvalue weighted by atomic mass is 16.7. The number of amides is 1. The van der Waals surface area contributed by atoms with Crippen molar-refractivity contribution in [3.05, 3.63) is 23.8 Å². The third-order valence-corrected chi connectivity index (χ3v) is 4.54. The van der Waals surface area contributed by atoms with E-state index in [1.54, 1.807) is 12.1 Å². The van der Waals surface area contributed by atoms with E-state index in [0.717, 1.165) is 19.3 Å². The summed E-state index contributed by atoms with van der Waals surface area (Å²) >= 11 is 0. The van der Waals surface area contributed by atoms with E-state index < -0.39 is 23.5 Å². The molecule has 1 heterocycles. The number of hydrogen-bond acceptors (Lipinski definition) is 6. The van der Waals surface area contributed by atoms with Crippen molar-refractivity contribution >= 4 is 11.9 Å². The molecule has 7 nitrogen and oxygen atoms in total. The lowest BCUT2D eigenvalue weighted by Gasteiger charge is -2.32. The molecule has 3 rings (SSSR count). The van der Waals surface area contributed by atoms with Crippen LogP contribution in [0.2, 0.25) is 0 Å². The van der Waals surface area contributed by atoms with Gasteiger partial charge in [-0.1, -0.05) is 19.3 Å². The largest absolute Gasteiger partial charge is 0.454 e. The lowest BCUT2D eigenvalue weighted by atomic mass is 9.83. The van der Waals surface area contributed by atoms with Gasteiger partial charge in [0.25, 0.3) is 5.91 Å². The number of nitriles is 1. The second-order valence-corrected chi connectivity index (χ2v) is 6.36. The van der Waals surface area contributed by atoms with Crippen molar-refractivity contribution in [1.82, 2.24) is 5.32 Å². The smallest absolute Gasteiger partial charge is 0.339 e. The molecule has 25 heavy (non-hydrogen) atoms. The first-order valence-corrected chi connectivity index (χ1v) is 8.37. The van der Waals surface area contributed by atoms with E-state index in [-0.39, 0.29) is 12.4 Å². The maximum absolute atomic E-state index is 12.3. The Labute approximate surface area is 145 Å². The van der Waals surface area contributed by atoms with E-state index in [1.807, 2.05) is 0 Å². The summed E-state index contributed by atoms with van der Waals surface area (Å²) in [5, 5.41) is 12.2. The molecule has 1 aromatic carbocycles. The van der Waals surface area contributed by atoms with Crippen LogP contribution in [0.5, 0.6) is 11.5 Å². The van der Waals surface area contributed by atoms with Crippen molar-refractivity contribution in [2.75, 3.05) is 6.79 Å². The molecule has 0 radical (unpaired) electrons. The van der Waals surface area contributed by atoms with Gasteiger partial charge in [-0.25, -0.2) is 4.79 Å². The summed E-state index contributed by atoms with van der Waals surface area (Å²) < 4.78 is 15.6. The molecular formula is C18H20N2O5. The van der Waals surface area contributed by atoms with Crippen LogP contribution in [0.4, 0.5) is 0 Å². The number of ether oxygens (including phenoxy) is 3. The fraction of sp³-hybridized carbons (Fsp3) is 0.500. The Hall–Kier alpha value is -2.75. The molecule has 1 fully saturated rings. The first kappa shape index (κ1) is 17.1. The van der Waals surface area contributed by atoms with Gasteiger partial charge in [0.05, 0.1) is 11.6 Å². The monoisotopic (exact) mass is 344 g/mol.